The summed E-state index contributed by atoms with van der Waals surface area (Å²) in [6.45, 7) is 9.47. The van der Waals surface area contributed by atoms with Gasteiger partial charge in [-0.3, -0.25) is 0 Å². The fourth-order valence-corrected chi connectivity index (χ4v) is 2.30. The molecular weight excluding hydrogens is 252 g/mol. The molecule has 4 heteroatoms. The third-order valence-electron chi connectivity index (χ3n) is 3.32. The summed E-state index contributed by atoms with van der Waals surface area (Å²) < 4.78 is 11.5. The molecule has 3 rings (SSSR count). The lowest BCUT2D eigenvalue weighted by atomic mass is 10.1. The lowest BCUT2D eigenvalue weighted by molar-refractivity contribution is 0.277. The molecule has 1 aromatic rings. The van der Waals surface area contributed by atoms with Crippen LogP contribution in [0.15, 0.2) is 34.3 Å². The van der Waals surface area contributed by atoms with Crippen LogP contribution in [0.1, 0.15) is 38.8 Å². The third-order valence-corrected chi connectivity index (χ3v) is 3.32. The zero-order valence-electron chi connectivity index (χ0n) is 12.4. The van der Waals surface area contributed by atoms with E-state index >= 15 is 0 Å². The van der Waals surface area contributed by atoms with E-state index in [0.29, 0.717) is 25.0 Å². The lowest BCUT2D eigenvalue weighted by Crippen LogP contribution is -2.17. The standard InChI is InChI=1S/C16H20N2O2/c1-15(2)9-19-13(17-15)11-7-5-6-8-12(11)14-18-16(3,4)10-20-14/h5-8H,9-10H2,1-4H3. The van der Waals surface area contributed by atoms with E-state index < -0.39 is 0 Å². The molecule has 2 heterocycles. The Morgan fingerprint density at radius 1 is 0.800 bits per heavy atom. The smallest absolute Gasteiger partial charge is 0.217 e. The minimum Gasteiger partial charge on any atom is -0.475 e. The van der Waals surface area contributed by atoms with Crippen molar-refractivity contribution in [2.75, 3.05) is 13.2 Å². The molecule has 0 amide bonds. The average Bonchev–Trinajstić information content (AvgIpc) is 2.92. The number of rotatable bonds is 2. The van der Waals surface area contributed by atoms with Gasteiger partial charge in [-0.05, 0) is 39.8 Å². The number of nitrogens with zero attached hydrogens (tertiary/aromatic N) is 2. The van der Waals surface area contributed by atoms with Gasteiger partial charge < -0.3 is 9.47 Å². The SMILES string of the molecule is CC1(C)COC(c2ccccc2C2=NC(C)(C)CO2)=N1. The Kier molecular flexibility index (Phi) is 2.85. The van der Waals surface area contributed by atoms with Gasteiger partial charge >= 0.3 is 0 Å². The van der Waals surface area contributed by atoms with Crippen molar-refractivity contribution in [3.05, 3.63) is 35.4 Å². The molecule has 0 aromatic heterocycles. The first-order chi connectivity index (χ1) is 9.36. The highest BCUT2D eigenvalue weighted by molar-refractivity contribution is 6.08. The second-order valence-electron chi connectivity index (χ2n) is 6.58. The van der Waals surface area contributed by atoms with Crippen molar-refractivity contribution < 1.29 is 9.47 Å². The zero-order valence-corrected chi connectivity index (χ0v) is 12.4. The van der Waals surface area contributed by atoms with Gasteiger partial charge in [0.1, 0.15) is 13.2 Å². The lowest BCUT2D eigenvalue weighted by Gasteiger charge is -2.08. The van der Waals surface area contributed by atoms with Gasteiger partial charge in [0, 0.05) is 11.1 Å². The average molecular weight is 272 g/mol. The molecular formula is C16H20N2O2. The van der Waals surface area contributed by atoms with Crippen LogP contribution in [0.4, 0.5) is 0 Å². The van der Waals surface area contributed by atoms with Gasteiger partial charge in [-0.2, -0.15) is 0 Å². The Morgan fingerprint density at radius 3 is 1.50 bits per heavy atom. The second-order valence-corrected chi connectivity index (χ2v) is 6.58. The third kappa shape index (κ3) is 2.42. The maximum atomic E-state index is 5.75. The van der Waals surface area contributed by atoms with Crippen molar-refractivity contribution >= 4 is 11.8 Å². The van der Waals surface area contributed by atoms with Crippen molar-refractivity contribution in [3.8, 4) is 0 Å². The summed E-state index contributed by atoms with van der Waals surface area (Å²) in [5.41, 5.74) is 1.57. The van der Waals surface area contributed by atoms with Crippen molar-refractivity contribution in [1.82, 2.24) is 0 Å². The highest BCUT2D eigenvalue weighted by Gasteiger charge is 2.32. The highest BCUT2D eigenvalue weighted by atomic mass is 16.5. The first-order valence-electron chi connectivity index (χ1n) is 6.91. The Bertz CT molecular complexity index is 547. The number of benzene rings is 1. The van der Waals surface area contributed by atoms with E-state index in [0.717, 1.165) is 11.1 Å². The maximum absolute atomic E-state index is 5.75. The minimum absolute atomic E-state index is 0.167. The molecule has 0 fully saturated rings. The minimum atomic E-state index is -0.167. The molecule has 0 radical (unpaired) electrons. The molecule has 0 atom stereocenters. The van der Waals surface area contributed by atoms with Gasteiger partial charge in [0.2, 0.25) is 11.8 Å². The summed E-state index contributed by atoms with van der Waals surface area (Å²) in [6, 6.07) is 7.98. The van der Waals surface area contributed by atoms with Crippen LogP contribution < -0.4 is 0 Å². The molecule has 0 saturated carbocycles. The van der Waals surface area contributed by atoms with Crippen LogP contribution in [0.3, 0.4) is 0 Å². The first kappa shape index (κ1) is 13.2. The highest BCUT2D eigenvalue weighted by Crippen LogP contribution is 2.26. The van der Waals surface area contributed by atoms with Crippen LogP contribution in [0.25, 0.3) is 0 Å². The molecule has 0 aliphatic carbocycles. The quantitative estimate of drug-likeness (QED) is 0.831. The molecule has 106 valence electrons. The van der Waals surface area contributed by atoms with Crippen molar-refractivity contribution in [2.45, 2.75) is 38.8 Å². The summed E-state index contributed by atoms with van der Waals surface area (Å²) in [5, 5.41) is 0. The molecule has 0 unspecified atom stereocenters. The second kappa shape index (κ2) is 4.33. The molecule has 0 saturated heterocycles. The Balaban J connectivity index is 2.03. The summed E-state index contributed by atoms with van der Waals surface area (Å²) in [4.78, 5) is 9.29. The molecule has 0 bridgehead atoms. The molecule has 2 aliphatic heterocycles. The molecule has 0 spiro atoms. The van der Waals surface area contributed by atoms with Crippen LogP contribution in [0.2, 0.25) is 0 Å². The fraction of sp³-hybridized carbons (Fsp3) is 0.500. The van der Waals surface area contributed by atoms with Gasteiger partial charge in [0.25, 0.3) is 0 Å². The van der Waals surface area contributed by atoms with Crippen LogP contribution >= 0.6 is 0 Å². The maximum Gasteiger partial charge on any atom is 0.217 e. The molecule has 1 aromatic carbocycles. The molecule has 4 nitrogen and oxygen atoms in total. The van der Waals surface area contributed by atoms with Crippen LogP contribution in [0, 0.1) is 0 Å². The first-order valence-corrected chi connectivity index (χ1v) is 6.91. The van der Waals surface area contributed by atoms with Gasteiger partial charge in [-0.25, -0.2) is 9.98 Å². The molecule has 20 heavy (non-hydrogen) atoms. The number of hydrogen-bond donors (Lipinski definition) is 0. The summed E-state index contributed by atoms with van der Waals surface area (Å²) in [6.07, 6.45) is 0. The monoisotopic (exact) mass is 272 g/mol. The fourth-order valence-electron chi connectivity index (χ4n) is 2.30. The van der Waals surface area contributed by atoms with Crippen molar-refractivity contribution in [2.24, 2.45) is 9.98 Å². The Hall–Kier alpha value is -1.84. The largest absolute Gasteiger partial charge is 0.475 e. The number of hydrogen-bond acceptors (Lipinski definition) is 4. The summed E-state index contributed by atoms with van der Waals surface area (Å²) >= 11 is 0. The van der Waals surface area contributed by atoms with E-state index in [4.69, 9.17) is 9.47 Å². The van der Waals surface area contributed by atoms with E-state index in [1.165, 1.54) is 0 Å². The Morgan fingerprint density at radius 2 is 1.20 bits per heavy atom. The van der Waals surface area contributed by atoms with E-state index in [1.807, 2.05) is 24.3 Å². The van der Waals surface area contributed by atoms with Gasteiger partial charge in [0.05, 0.1) is 11.1 Å². The van der Waals surface area contributed by atoms with Crippen LogP contribution in [-0.2, 0) is 9.47 Å². The van der Waals surface area contributed by atoms with Gasteiger partial charge in [-0.1, -0.05) is 12.1 Å². The molecule has 2 aliphatic rings. The van der Waals surface area contributed by atoms with E-state index in [9.17, 15) is 0 Å². The predicted molar refractivity (Wildman–Crippen MR) is 79.6 cm³/mol. The van der Waals surface area contributed by atoms with Gasteiger partial charge in [-0.15, -0.1) is 0 Å². The zero-order chi connectivity index (χ0) is 14.4. The number of aliphatic imine (C=N–C) groups is 2. The van der Waals surface area contributed by atoms with E-state index in [-0.39, 0.29) is 11.1 Å². The van der Waals surface area contributed by atoms with E-state index in [1.54, 1.807) is 0 Å². The van der Waals surface area contributed by atoms with E-state index in [2.05, 4.69) is 37.7 Å². The Labute approximate surface area is 119 Å². The predicted octanol–water partition coefficient (Wildman–Crippen LogP) is 2.80. The summed E-state index contributed by atoms with van der Waals surface area (Å²) in [5.74, 6) is 1.36. The van der Waals surface area contributed by atoms with Crippen molar-refractivity contribution in [1.29, 1.82) is 0 Å². The molecule has 0 N–H and O–H groups in total. The van der Waals surface area contributed by atoms with Crippen LogP contribution in [-0.4, -0.2) is 36.1 Å². The summed E-state index contributed by atoms with van der Waals surface area (Å²) in [7, 11) is 0. The number of ether oxygens (including phenoxy) is 2. The van der Waals surface area contributed by atoms with Crippen LogP contribution in [0.5, 0.6) is 0 Å². The topological polar surface area (TPSA) is 43.2 Å². The van der Waals surface area contributed by atoms with Crippen molar-refractivity contribution in [3.63, 3.8) is 0 Å². The van der Waals surface area contributed by atoms with Gasteiger partial charge in [0.15, 0.2) is 0 Å². The normalized spacial score (nSPS) is 22.8.